The van der Waals surface area contributed by atoms with Crippen molar-refractivity contribution < 1.29 is 9.18 Å². The van der Waals surface area contributed by atoms with Crippen LogP contribution in [-0.4, -0.2) is 61.5 Å². The highest BCUT2D eigenvalue weighted by Crippen LogP contribution is 2.17. The Labute approximate surface area is 132 Å². The van der Waals surface area contributed by atoms with Gasteiger partial charge in [-0.15, -0.1) is 0 Å². The first-order valence-electron chi connectivity index (χ1n) is 8.14. The SMILES string of the molecule is CCN(CC)CCC(=O)N1CCN(c2ccc(F)cc2)CC1. The van der Waals surface area contributed by atoms with E-state index in [4.69, 9.17) is 0 Å². The first-order valence-corrected chi connectivity index (χ1v) is 8.14. The van der Waals surface area contributed by atoms with Gasteiger partial charge in [0.2, 0.25) is 5.91 Å². The number of hydrogen-bond donors (Lipinski definition) is 0. The third-order valence-electron chi connectivity index (χ3n) is 4.36. The predicted molar refractivity (Wildman–Crippen MR) is 87.6 cm³/mol. The normalized spacial score (nSPS) is 15.5. The van der Waals surface area contributed by atoms with Crippen LogP contribution in [0.15, 0.2) is 24.3 Å². The second kappa shape index (κ2) is 8.13. The standard InChI is InChI=1S/C17H26FN3O/c1-3-19(4-2)10-9-17(22)21-13-11-20(12-14-21)16-7-5-15(18)6-8-16/h5-8H,3-4,9-14H2,1-2H3. The first kappa shape index (κ1) is 16.7. The van der Waals surface area contributed by atoms with E-state index >= 15 is 0 Å². The third kappa shape index (κ3) is 4.44. The molecule has 0 spiro atoms. The molecule has 4 nitrogen and oxygen atoms in total. The van der Waals surface area contributed by atoms with Crippen molar-refractivity contribution in [2.24, 2.45) is 0 Å². The highest BCUT2D eigenvalue weighted by molar-refractivity contribution is 5.76. The zero-order chi connectivity index (χ0) is 15.9. The summed E-state index contributed by atoms with van der Waals surface area (Å²) in [6, 6.07) is 6.56. The number of halogens is 1. The van der Waals surface area contributed by atoms with E-state index in [2.05, 4.69) is 23.6 Å². The molecular weight excluding hydrogens is 281 g/mol. The Kier molecular flexibility index (Phi) is 6.19. The molecule has 0 aliphatic carbocycles. The van der Waals surface area contributed by atoms with Crippen LogP contribution in [0.1, 0.15) is 20.3 Å². The quantitative estimate of drug-likeness (QED) is 0.806. The molecule has 2 rings (SSSR count). The van der Waals surface area contributed by atoms with E-state index in [-0.39, 0.29) is 11.7 Å². The Morgan fingerprint density at radius 2 is 1.68 bits per heavy atom. The molecule has 1 aliphatic heterocycles. The molecule has 0 atom stereocenters. The average Bonchev–Trinajstić information content (AvgIpc) is 2.56. The van der Waals surface area contributed by atoms with Gasteiger partial charge in [0.05, 0.1) is 0 Å². The summed E-state index contributed by atoms with van der Waals surface area (Å²) >= 11 is 0. The third-order valence-corrected chi connectivity index (χ3v) is 4.36. The number of amides is 1. The van der Waals surface area contributed by atoms with Crippen LogP contribution in [0, 0.1) is 5.82 Å². The summed E-state index contributed by atoms with van der Waals surface area (Å²) in [5, 5.41) is 0. The maximum atomic E-state index is 13.0. The minimum absolute atomic E-state index is 0.214. The second-order valence-corrected chi connectivity index (χ2v) is 5.62. The summed E-state index contributed by atoms with van der Waals surface area (Å²) < 4.78 is 13.0. The van der Waals surface area contributed by atoms with Crippen LogP contribution in [-0.2, 0) is 4.79 Å². The van der Waals surface area contributed by atoms with Gasteiger partial charge in [-0.05, 0) is 37.4 Å². The molecule has 1 saturated heterocycles. The van der Waals surface area contributed by atoms with E-state index < -0.39 is 0 Å². The number of rotatable bonds is 6. The Morgan fingerprint density at radius 1 is 1.09 bits per heavy atom. The highest BCUT2D eigenvalue weighted by atomic mass is 19.1. The maximum Gasteiger partial charge on any atom is 0.223 e. The lowest BCUT2D eigenvalue weighted by molar-refractivity contribution is -0.131. The second-order valence-electron chi connectivity index (χ2n) is 5.62. The lowest BCUT2D eigenvalue weighted by Crippen LogP contribution is -2.49. The fourth-order valence-corrected chi connectivity index (χ4v) is 2.82. The molecule has 0 radical (unpaired) electrons. The van der Waals surface area contributed by atoms with Crippen molar-refractivity contribution in [2.75, 3.05) is 50.7 Å². The van der Waals surface area contributed by atoms with E-state index in [0.717, 1.165) is 51.5 Å². The Balaban J connectivity index is 1.79. The molecule has 1 fully saturated rings. The number of anilines is 1. The molecular formula is C17H26FN3O. The predicted octanol–water partition coefficient (Wildman–Crippen LogP) is 2.21. The van der Waals surface area contributed by atoms with E-state index in [1.807, 2.05) is 4.90 Å². The van der Waals surface area contributed by atoms with Crippen LogP contribution in [0.5, 0.6) is 0 Å². The van der Waals surface area contributed by atoms with Crippen molar-refractivity contribution in [3.63, 3.8) is 0 Å². The molecule has 0 N–H and O–H groups in total. The molecule has 0 aromatic heterocycles. The molecule has 0 bridgehead atoms. The summed E-state index contributed by atoms with van der Waals surface area (Å²) in [5.41, 5.74) is 1.02. The van der Waals surface area contributed by atoms with Crippen molar-refractivity contribution in [1.29, 1.82) is 0 Å². The topological polar surface area (TPSA) is 26.8 Å². The van der Waals surface area contributed by atoms with Crippen molar-refractivity contribution >= 4 is 11.6 Å². The van der Waals surface area contributed by atoms with Crippen LogP contribution < -0.4 is 4.90 Å². The van der Waals surface area contributed by atoms with Crippen LogP contribution in [0.4, 0.5) is 10.1 Å². The fraction of sp³-hybridized carbons (Fsp3) is 0.588. The minimum atomic E-state index is -0.214. The van der Waals surface area contributed by atoms with Gasteiger partial charge in [-0.2, -0.15) is 0 Å². The monoisotopic (exact) mass is 307 g/mol. The van der Waals surface area contributed by atoms with Gasteiger partial charge in [0.1, 0.15) is 5.82 Å². The molecule has 1 aromatic carbocycles. The molecule has 5 heteroatoms. The van der Waals surface area contributed by atoms with Crippen molar-refractivity contribution in [2.45, 2.75) is 20.3 Å². The van der Waals surface area contributed by atoms with Gasteiger partial charge in [-0.3, -0.25) is 4.79 Å². The fourth-order valence-electron chi connectivity index (χ4n) is 2.82. The molecule has 1 aliphatic rings. The molecule has 1 heterocycles. The van der Waals surface area contributed by atoms with E-state index in [0.29, 0.717) is 6.42 Å². The number of nitrogens with zero attached hydrogens (tertiary/aromatic N) is 3. The first-order chi connectivity index (χ1) is 10.6. The highest BCUT2D eigenvalue weighted by Gasteiger charge is 2.21. The molecule has 122 valence electrons. The van der Waals surface area contributed by atoms with Crippen molar-refractivity contribution in [3.8, 4) is 0 Å². The summed E-state index contributed by atoms with van der Waals surface area (Å²) in [6.07, 6.45) is 0.595. The van der Waals surface area contributed by atoms with Crippen LogP contribution in [0.25, 0.3) is 0 Å². The lowest BCUT2D eigenvalue weighted by Gasteiger charge is -2.36. The Bertz CT molecular complexity index is 465. The van der Waals surface area contributed by atoms with Crippen molar-refractivity contribution in [3.05, 3.63) is 30.1 Å². The molecule has 0 saturated carbocycles. The summed E-state index contributed by atoms with van der Waals surface area (Å²) in [4.78, 5) is 18.7. The Morgan fingerprint density at radius 3 is 2.23 bits per heavy atom. The zero-order valence-corrected chi connectivity index (χ0v) is 13.6. The molecule has 0 unspecified atom stereocenters. The van der Waals surface area contributed by atoms with Gasteiger partial charge in [0, 0.05) is 44.8 Å². The number of benzene rings is 1. The largest absolute Gasteiger partial charge is 0.368 e. The van der Waals surface area contributed by atoms with Gasteiger partial charge < -0.3 is 14.7 Å². The van der Waals surface area contributed by atoms with Gasteiger partial charge in [0.15, 0.2) is 0 Å². The van der Waals surface area contributed by atoms with Gasteiger partial charge in [-0.25, -0.2) is 4.39 Å². The average molecular weight is 307 g/mol. The van der Waals surface area contributed by atoms with Crippen LogP contribution >= 0.6 is 0 Å². The number of piperazine rings is 1. The zero-order valence-electron chi connectivity index (χ0n) is 13.6. The number of carbonyl (C=O) groups excluding carboxylic acids is 1. The number of hydrogen-bond acceptors (Lipinski definition) is 3. The lowest BCUT2D eigenvalue weighted by atomic mass is 10.2. The Hall–Kier alpha value is -1.62. The van der Waals surface area contributed by atoms with E-state index in [9.17, 15) is 9.18 Å². The van der Waals surface area contributed by atoms with E-state index in [1.165, 1.54) is 12.1 Å². The van der Waals surface area contributed by atoms with Gasteiger partial charge >= 0.3 is 0 Å². The van der Waals surface area contributed by atoms with Gasteiger partial charge in [-0.1, -0.05) is 13.8 Å². The molecule has 22 heavy (non-hydrogen) atoms. The summed E-state index contributed by atoms with van der Waals surface area (Å²) in [5.74, 6) is 0.0274. The van der Waals surface area contributed by atoms with Gasteiger partial charge in [0.25, 0.3) is 0 Å². The van der Waals surface area contributed by atoms with Crippen molar-refractivity contribution in [1.82, 2.24) is 9.80 Å². The summed E-state index contributed by atoms with van der Waals surface area (Å²) in [7, 11) is 0. The molecule has 1 aromatic rings. The summed E-state index contributed by atoms with van der Waals surface area (Å²) in [6.45, 7) is 10.2. The maximum absolute atomic E-state index is 13.0. The minimum Gasteiger partial charge on any atom is -0.368 e. The smallest absolute Gasteiger partial charge is 0.223 e. The van der Waals surface area contributed by atoms with Crippen LogP contribution in [0.2, 0.25) is 0 Å². The van der Waals surface area contributed by atoms with Crippen LogP contribution in [0.3, 0.4) is 0 Å². The number of carbonyl (C=O) groups is 1. The molecule has 1 amide bonds. The van der Waals surface area contributed by atoms with E-state index in [1.54, 1.807) is 12.1 Å².